The number of thioether (sulfide) groups is 1. The van der Waals surface area contributed by atoms with Crippen molar-refractivity contribution in [2.24, 2.45) is 0 Å². The number of carbonyl (C=O) groups is 2. The molecule has 2 rings (SSSR count). The van der Waals surface area contributed by atoms with E-state index < -0.39 is 11.5 Å². The van der Waals surface area contributed by atoms with E-state index in [0.717, 1.165) is 18.6 Å². The number of carboxylic acid groups (broad SMARTS) is 1. The second kappa shape index (κ2) is 6.98. The van der Waals surface area contributed by atoms with Gasteiger partial charge in [0.1, 0.15) is 5.54 Å². The minimum absolute atomic E-state index is 0.0254. The predicted octanol–water partition coefficient (Wildman–Crippen LogP) is 1.69. The molecular formula is C14H21N3O3S. The Hall–Kier alpha value is -1.50. The van der Waals surface area contributed by atoms with Gasteiger partial charge in [0.2, 0.25) is 5.91 Å². The Balaban J connectivity index is 2.00. The fraction of sp³-hybridized carbons (Fsp3) is 0.643. The number of aromatic nitrogens is 2. The lowest BCUT2D eigenvalue weighted by Crippen LogP contribution is -2.55. The lowest BCUT2D eigenvalue weighted by molar-refractivity contribution is -0.146. The summed E-state index contributed by atoms with van der Waals surface area (Å²) in [5.41, 5.74) is -1.09. The molecular weight excluding hydrogens is 290 g/mol. The van der Waals surface area contributed by atoms with Crippen molar-refractivity contribution in [1.29, 1.82) is 0 Å². The van der Waals surface area contributed by atoms with Gasteiger partial charge < -0.3 is 15.0 Å². The summed E-state index contributed by atoms with van der Waals surface area (Å²) in [4.78, 5) is 27.7. The molecule has 6 nitrogen and oxygen atoms in total. The van der Waals surface area contributed by atoms with Crippen molar-refractivity contribution in [3.8, 4) is 0 Å². The highest BCUT2D eigenvalue weighted by Crippen LogP contribution is 2.29. The normalized spacial score (nSPS) is 22.9. The van der Waals surface area contributed by atoms with Gasteiger partial charge in [-0.05, 0) is 18.6 Å². The highest BCUT2D eigenvalue weighted by Gasteiger charge is 2.43. The van der Waals surface area contributed by atoms with Gasteiger partial charge >= 0.3 is 5.97 Å². The minimum atomic E-state index is -1.09. The van der Waals surface area contributed by atoms with Gasteiger partial charge in [-0.25, -0.2) is 9.78 Å². The molecule has 1 fully saturated rings. The molecule has 0 saturated carbocycles. The Kier molecular flexibility index (Phi) is 5.27. The van der Waals surface area contributed by atoms with Crippen LogP contribution in [0.3, 0.4) is 0 Å². The first-order chi connectivity index (χ1) is 10.1. The molecule has 2 atom stereocenters. The number of aliphatic carboxylic acids is 1. The zero-order valence-electron chi connectivity index (χ0n) is 12.1. The van der Waals surface area contributed by atoms with Crippen LogP contribution in [0.1, 0.15) is 38.6 Å². The number of rotatable bonds is 7. The molecule has 1 aromatic rings. The number of carboxylic acids is 1. The maximum Gasteiger partial charge on any atom is 0.330 e. The van der Waals surface area contributed by atoms with Crippen LogP contribution in [0.15, 0.2) is 18.7 Å². The van der Waals surface area contributed by atoms with Crippen molar-refractivity contribution in [1.82, 2.24) is 14.9 Å². The Morgan fingerprint density at radius 2 is 2.38 bits per heavy atom. The minimum Gasteiger partial charge on any atom is -0.479 e. The quantitative estimate of drug-likeness (QED) is 0.800. The molecule has 7 heteroatoms. The molecule has 0 aliphatic carbocycles. The van der Waals surface area contributed by atoms with Crippen LogP contribution < -0.4 is 5.32 Å². The average Bonchev–Trinajstić information content (AvgIpc) is 3.09. The van der Waals surface area contributed by atoms with Gasteiger partial charge in [0, 0.05) is 30.6 Å². The number of hydrogen-bond donors (Lipinski definition) is 2. The lowest BCUT2D eigenvalue weighted by Gasteiger charge is -2.26. The molecule has 2 N–H and O–H groups in total. The van der Waals surface area contributed by atoms with Gasteiger partial charge in [0.25, 0.3) is 0 Å². The second-order valence-corrected chi connectivity index (χ2v) is 6.50. The monoisotopic (exact) mass is 311 g/mol. The zero-order valence-corrected chi connectivity index (χ0v) is 12.9. The topological polar surface area (TPSA) is 84.2 Å². The van der Waals surface area contributed by atoms with E-state index in [1.807, 2.05) is 10.8 Å². The lowest BCUT2D eigenvalue weighted by atomic mass is 9.98. The number of nitrogens with one attached hydrogen (secondary N) is 1. The highest BCUT2D eigenvalue weighted by atomic mass is 32.2. The first-order valence-corrected chi connectivity index (χ1v) is 8.32. The van der Waals surface area contributed by atoms with Crippen LogP contribution >= 0.6 is 11.8 Å². The molecule has 2 heterocycles. The summed E-state index contributed by atoms with van der Waals surface area (Å²) >= 11 is 1.57. The van der Waals surface area contributed by atoms with Crippen molar-refractivity contribution in [3.05, 3.63) is 18.7 Å². The Morgan fingerprint density at radius 1 is 1.57 bits per heavy atom. The average molecular weight is 311 g/mol. The first kappa shape index (κ1) is 15.9. The highest BCUT2D eigenvalue weighted by molar-refractivity contribution is 7.99. The Morgan fingerprint density at radius 3 is 2.90 bits per heavy atom. The van der Waals surface area contributed by atoms with Crippen LogP contribution in [0.25, 0.3) is 0 Å². The molecule has 116 valence electrons. The van der Waals surface area contributed by atoms with E-state index in [2.05, 4.69) is 17.2 Å². The molecule has 1 saturated heterocycles. The van der Waals surface area contributed by atoms with Crippen LogP contribution in [-0.2, 0) is 9.59 Å². The molecule has 0 spiro atoms. The summed E-state index contributed by atoms with van der Waals surface area (Å²) in [5, 5.41) is 12.1. The van der Waals surface area contributed by atoms with E-state index in [1.165, 1.54) is 0 Å². The molecule has 21 heavy (non-hydrogen) atoms. The van der Waals surface area contributed by atoms with E-state index in [4.69, 9.17) is 0 Å². The summed E-state index contributed by atoms with van der Waals surface area (Å²) in [7, 11) is 0. The fourth-order valence-corrected chi connectivity index (χ4v) is 3.92. The summed E-state index contributed by atoms with van der Waals surface area (Å²) in [6, 6.07) is 0.0254. The van der Waals surface area contributed by atoms with E-state index >= 15 is 0 Å². The van der Waals surface area contributed by atoms with Gasteiger partial charge in [-0.15, -0.1) is 0 Å². The smallest absolute Gasteiger partial charge is 0.330 e. The fourth-order valence-electron chi connectivity index (χ4n) is 2.59. The van der Waals surface area contributed by atoms with Crippen LogP contribution in [0.2, 0.25) is 0 Å². The van der Waals surface area contributed by atoms with Crippen molar-refractivity contribution in [3.63, 3.8) is 0 Å². The zero-order chi connectivity index (χ0) is 15.3. The molecule has 2 unspecified atom stereocenters. The Bertz CT molecular complexity index is 484. The van der Waals surface area contributed by atoms with E-state index in [0.29, 0.717) is 12.2 Å². The van der Waals surface area contributed by atoms with Gasteiger partial charge in [0.15, 0.2) is 0 Å². The van der Waals surface area contributed by atoms with Gasteiger partial charge in [-0.1, -0.05) is 13.3 Å². The first-order valence-electron chi connectivity index (χ1n) is 7.17. The number of hydrogen-bond acceptors (Lipinski definition) is 4. The molecule has 1 aromatic heterocycles. The summed E-state index contributed by atoms with van der Waals surface area (Å²) in [5.74, 6) is 0.0759. The van der Waals surface area contributed by atoms with E-state index in [-0.39, 0.29) is 18.4 Å². The van der Waals surface area contributed by atoms with E-state index in [1.54, 1.807) is 24.3 Å². The molecule has 1 aliphatic heterocycles. The Labute approximate surface area is 128 Å². The van der Waals surface area contributed by atoms with E-state index in [9.17, 15) is 14.7 Å². The molecule has 1 aliphatic rings. The van der Waals surface area contributed by atoms with Crippen molar-refractivity contribution >= 4 is 23.6 Å². The van der Waals surface area contributed by atoms with Crippen LogP contribution in [0.5, 0.6) is 0 Å². The van der Waals surface area contributed by atoms with Gasteiger partial charge in [-0.3, -0.25) is 4.79 Å². The third-order valence-corrected chi connectivity index (χ3v) is 4.99. The van der Waals surface area contributed by atoms with Crippen LogP contribution in [-0.4, -0.2) is 43.6 Å². The summed E-state index contributed by atoms with van der Waals surface area (Å²) < 4.78 is 1.92. The van der Waals surface area contributed by atoms with Crippen molar-refractivity contribution < 1.29 is 14.7 Å². The number of amides is 1. The predicted molar refractivity (Wildman–Crippen MR) is 81.2 cm³/mol. The third kappa shape index (κ3) is 3.78. The molecule has 0 aromatic carbocycles. The SMILES string of the molecule is CCCC(CC(=O)NC1(C(=O)O)CCSC1)n1ccnc1. The van der Waals surface area contributed by atoms with Gasteiger partial charge in [0.05, 0.1) is 6.33 Å². The van der Waals surface area contributed by atoms with Gasteiger partial charge in [-0.2, -0.15) is 11.8 Å². The van der Waals surface area contributed by atoms with Crippen molar-refractivity contribution in [2.75, 3.05) is 11.5 Å². The molecule has 1 amide bonds. The third-order valence-electron chi connectivity index (χ3n) is 3.80. The maximum absolute atomic E-state index is 12.3. The van der Waals surface area contributed by atoms with Crippen LogP contribution in [0.4, 0.5) is 0 Å². The van der Waals surface area contributed by atoms with Crippen LogP contribution in [0, 0.1) is 0 Å². The second-order valence-electron chi connectivity index (χ2n) is 5.39. The van der Waals surface area contributed by atoms with Crippen molar-refractivity contribution in [2.45, 2.75) is 44.2 Å². The number of imidazole rings is 1. The molecule has 0 radical (unpaired) electrons. The number of carbonyl (C=O) groups excluding carboxylic acids is 1. The standard InChI is InChI=1S/C14H21N3O3S/c1-2-3-11(17-6-5-15-10-17)8-12(18)16-14(13(19)20)4-7-21-9-14/h5-6,10-11H,2-4,7-9H2,1H3,(H,16,18)(H,19,20). The summed E-state index contributed by atoms with van der Waals surface area (Å²) in [6.45, 7) is 2.06. The maximum atomic E-state index is 12.3. The largest absolute Gasteiger partial charge is 0.479 e. The molecule has 0 bridgehead atoms. The summed E-state index contributed by atoms with van der Waals surface area (Å²) in [6.07, 6.45) is 7.81. The number of nitrogens with zero attached hydrogens (tertiary/aromatic N) is 2.